The highest BCUT2D eigenvalue weighted by atomic mass is 19.1. The minimum atomic E-state index is -1.84. The fraction of sp³-hybridized carbons (Fsp3) is 0.136. The summed E-state index contributed by atoms with van der Waals surface area (Å²) in [6.45, 7) is -0.539. The van der Waals surface area contributed by atoms with Crippen molar-refractivity contribution in [1.82, 2.24) is 9.88 Å². The second kappa shape index (κ2) is 7.85. The summed E-state index contributed by atoms with van der Waals surface area (Å²) >= 11 is 0. The van der Waals surface area contributed by atoms with Crippen molar-refractivity contribution in [3.8, 4) is 11.1 Å². The average Bonchev–Trinajstić information content (AvgIpc) is 2.95. The van der Waals surface area contributed by atoms with Gasteiger partial charge in [-0.25, -0.2) is 13.2 Å². The third kappa shape index (κ3) is 3.36. The summed E-state index contributed by atoms with van der Waals surface area (Å²) in [5.41, 5.74) is 0.555. The Bertz CT molecular complexity index is 1240. The lowest BCUT2D eigenvalue weighted by molar-refractivity contribution is 0.0727. The number of fused-ring (bicyclic) bond motifs is 1. The summed E-state index contributed by atoms with van der Waals surface area (Å²) in [6.07, 6.45) is 2.38. The first-order valence-corrected chi connectivity index (χ1v) is 9.54. The Hall–Kier alpha value is -3.55. The first-order valence-electron chi connectivity index (χ1n) is 9.54. The van der Waals surface area contributed by atoms with E-state index in [1.807, 2.05) is 0 Å². The van der Waals surface area contributed by atoms with Crippen molar-refractivity contribution in [2.75, 3.05) is 12.4 Å². The average molecular weight is 430 g/mol. The molecule has 156 valence electrons. The molecule has 2 N–H and O–H groups in total. The zero-order valence-corrected chi connectivity index (χ0v) is 16.9. The molecular formula is C22H15B2F3N4O. The number of rotatable bonds is 5. The van der Waals surface area contributed by atoms with Gasteiger partial charge >= 0.3 is 0 Å². The highest BCUT2D eigenvalue weighted by molar-refractivity contribution is 6.42. The van der Waals surface area contributed by atoms with Crippen LogP contribution < -0.4 is 5.32 Å². The van der Waals surface area contributed by atoms with Gasteiger partial charge in [-0.1, -0.05) is 0 Å². The first-order chi connectivity index (χ1) is 15.2. The van der Waals surface area contributed by atoms with Crippen molar-refractivity contribution in [2.45, 2.75) is 11.9 Å². The SMILES string of the molecule is [B]C1([B])c2ncccc2C(=O)N1Cc1c(F)cc(-c2cc(F)cc(NC)c2C=N)cc1F. The molecule has 4 radical (unpaired) electrons. The standard InChI is InChI=1S/C22H15B2F3N4O/c1-29-19-8-12(25)7-14(15(19)9-28)11-5-17(26)16(18(27)6-11)10-31-21(32)13-3-2-4-30-20(13)22(31,23)24/h2-9,28-29H,10H2,1H3. The molecule has 0 fully saturated rings. The van der Waals surface area contributed by atoms with Crippen LogP contribution in [0.15, 0.2) is 42.6 Å². The van der Waals surface area contributed by atoms with Crippen LogP contribution in [0.3, 0.4) is 0 Å². The number of hydrogen-bond acceptors (Lipinski definition) is 4. The molecular weight excluding hydrogens is 415 g/mol. The number of nitrogens with one attached hydrogen (secondary N) is 2. The lowest BCUT2D eigenvalue weighted by Crippen LogP contribution is -2.45. The second-order valence-electron chi connectivity index (χ2n) is 7.34. The van der Waals surface area contributed by atoms with E-state index in [1.54, 1.807) is 7.05 Å². The van der Waals surface area contributed by atoms with Crippen molar-refractivity contribution < 1.29 is 18.0 Å². The van der Waals surface area contributed by atoms with Crippen LogP contribution in [0, 0.1) is 22.9 Å². The molecule has 2 aromatic carbocycles. The maximum Gasteiger partial charge on any atom is 0.255 e. The van der Waals surface area contributed by atoms with Gasteiger partial charge in [0.05, 0.1) is 33.5 Å². The normalized spacial score (nSPS) is 14.4. The lowest BCUT2D eigenvalue weighted by atomic mass is 9.59. The van der Waals surface area contributed by atoms with E-state index < -0.39 is 40.8 Å². The Balaban J connectivity index is 1.76. The summed E-state index contributed by atoms with van der Waals surface area (Å²) in [5, 5.41) is 8.53. The minimum absolute atomic E-state index is 0.0303. The molecule has 0 saturated heterocycles. The monoisotopic (exact) mass is 430 g/mol. The van der Waals surface area contributed by atoms with E-state index in [-0.39, 0.29) is 27.9 Å². The number of amides is 1. The molecule has 0 bridgehead atoms. The van der Waals surface area contributed by atoms with Crippen LogP contribution in [0.4, 0.5) is 18.9 Å². The van der Waals surface area contributed by atoms with E-state index in [2.05, 4.69) is 10.3 Å². The molecule has 10 heteroatoms. The van der Waals surface area contributed by atoms with Crippen LogP contribution in [0.1, 0.15) is 27.2 Å². The number of hydrogen-bond donors (Lipinski definition) is 2. The van der Waals surface area contributed by atoms with Gasteiger partial charge in [-0.3, -0.25) is 9.78 Å². The molecule has 1 amide bonds. The van der Waals surface area contributed by atoms with Gasteiger partial charge in [0.1, 0.15) is 17.5 Å². The topological polar surface area (TPSA) is 69.1 Å². The molecule has 4 rings (SSSR count). The number of aromatic nitrogens is 1. The van der Waals surface area contributed by atoms with Crippen molar-refractivity contribution in [1.29, 1.82) is 5.41 Å². The lowest BCUT2D eigenvalue weighted by Gasteiger charge is -2.33. The van der Waals surface area contributed by atoms with Gasteiger partial charge in [0.15, 0.2) is 0 Å². The van der Waals surface area contributed by atoms with Crippen LogP contribution in [-0.4, -0.2) is 44.7 Å². The summed E-state index contributed by atoms with van der Waals surface area (Å²) in [6, 6.07) is 7.31. The molecule has 1 aliphatic heterocycles. The van der Waals surface area contributed by atoms with Crippen molar-refractivity contribution in [2.24, 2.45) is 0 Å². The molecule has 0 saturated carbocycles. The summed E-state index contributed by atoms with van der Waals surface area (Å²) < 4.78 is 44.1. The molecule has 1 aliphatic rings. The fourth-order valence-corrected chi connectivity index (χ4v) is 3.83. The van der Waals surface area contributed by atoms with E-state index in [9.17, 15) is 9.18 Å². The molecule has 3 aromatic rings. The van der Waals surface area contributed by atoms with Crippen molar-refractivity contribution >= 4 is 33.5 Å². The van der Waals surface area contributed by atoms with Gasteiger partial charge in [-0.05, 0) is 47.5 Å². The fourth-order valence-electron chi connectivity index (χ4n) is 3.83. The maximum absolute atomic E-state index is 15.0. The molecule has 2 heterocycles. The Labute approximate surface area is 185 Å². The van der Waals surface area contributed by atoms with Crippen LogP contribution in [-0.2, 0) is 11.9 Å². The molecule has 0 spiro atoms. The Morgan fingerprint density at radius 3 is 2.44 bits per heavy atom. The highest BCUT2D eigenvalue weighted by Gasteiger charge is 2.43. The molecule has 0 unspecified atom stereocenters. The molecule has 0 aliphatic carbocycles. The van der Waals surface area contributed by atoms with Crippen LogP contribution in [0.25, 0.3) is 11.1 Å². The predicted molar refractivity (Wildman–Crippen MR) is 116 cm³/mol. The molecule has 0 atom stereocenters. The molecule has 1 aromatic heterocycles. The summed E-state index contributed by atoms with van der Waals surface area (Å²) in [5.74, 6) is -3.18. The summed E-state index contributed by atoms with van der Waals surface area (Å²) in [4.78, 5) is 17.7. The number of anilines is 1. The number of nitrogens with zero attached hydrogens (tertiary/aromatic N) is 2. The number of carbonyl (C=O) groups excluding carboxylic acids is 1. The Morgan fingerprint density at radius 1 is 1.16 bits per heavy atom. The highest BCUT2D eigenvalue weighted by Crippen LogP contribution is 2.36. The smallest absolute Gasteiger partial charge is 0.255 e. The van der Waals surface area contributed by atoms with Gasteiger partial charge in [0.25, 0.3) is 5.91 Å². The third-order valence-corrected chi connectivity index (χ3v) is 5.44. The van der Waals surface area contributed by atoms with Gasteiger partial charge in [-0.15, -0.1) is 0 Å². The van der Waals surface area contributed by atoms with Crippen LogP contribution in [0.2, 0.25) is 0 Å². The van der Waals surface area contributed by atoms with E-state index in [1.165, 1.54) is 24.4 Å². The maximum atomic E-state index is 15.0. The Kier molecular flexibility index (Phi) is 5.32. The van der Waals surface area contributed by atoms with E-state index in [0.717, 1.165) is 29.3 Å². The van der Waals surface area contributed by atoms with Crippen molar-refractivity contribution in [3.63, 3.8) is 0 Å². The largest absolute Gasteiger partial charge is 0.387 e. The number of halogens is 3. The first kappa shape index (κ1) is 21.7. The van der Waals surface area contributed by atoms with Gasteiger partial charge in [0, 0.05) is 41.6 Å². The number of carbonyl (C=O) groups is 1. The zero-order valence-electron chi connectivity index (χ0n) is 16.9. The van der Waals surface area contributed by atoms with Crippen LogP contribution in [0.5, 0.6) is 0 Å². The molecule has 5 nitrogen and oxygen atoms in total. The number of benzene rings is 2. The quantitative estimate of drug-likeness (QED) is 0.483. The number of pyridine rings is 1. The Morgan fingerprint density at radius 2 is 1.84 bits per heavy atom. The van der Waals surface area contributed by atoms with E-state index >= 15 is 8.78 Å². The van der Waals surface area contributed by atoms with E-state index in [4.69, 9.17) is 21.1 Å². The predicted octanol–water partition coefficient (Wildman–Crippen LogP) is 3.31. The summed E-state index contributed by atoms with van der Waals surface area (Å²) in [7, 11) is 13.7. The van der Waals surface area contributed by atoms with E-state index in [0.29, 0.717) is 5.69 Å². The van der Waals surface area contributed by atoms with Crippen molar-refractivity contribution in [3.05, 3.63) is 82.4 Å². The zero-order chi connectivity index (χ0) is 23.2. The third-order valence-electron chi connectivity index (χ3n) is 5.44. The van der Waals surface area contributed by atoms with Gasteiger partial charge in [-0.2, -0.15) is 0 Å². The van der Waals surface area contributed by atoms with Crippen LogP contribution >= 0.6 is 0 Å². The van der Waals surface area contributed by atoms with Gasteiger partial charge in [0.2, 0.25) is 0 Å². The molecule has 32 heavy (non-hydrogen) atoms. The second-order valence-corrected chi connectivity index (χ2v) is 7.34. The minimum Gasteiger partial charge on any atom is -0.387 e. The van der Waals surface area contributed by atoms with Gasteiger partial charge < -0.3 is 15.6 Å².